The summed E-state index contributed by atoms with van der Waals surface area (Å²) in [5, 5.41) is 9.05. The molecule has 0 atom stereocenters. The fraction of sp³-hybridized carbons (Fsp3) is 0.0833. The highest BCUT2D eigenvalue weighted by molar-refractivity contribution is 9.10. The molecule has 0 amide bonds. The highest BCUT2D eigenvalue weighted by atomic mass is 79.9. The highest BCUT2D eigenvalue weighted by Gasteiger charge is 2.08. The summed E-state index contributed by atoms with van der Waals surface area (Å²) < 4.78 is 3.92. The van der Waals surface area contributed by atoms with E-state index in [4.69, 9.17) is 0 Å². The second kappa shape index (κ2) is 4.06. The second-order valence-corrected chi connectivity index (χ2v) is 4.86. The normalized spacial score (nSPS) is 11.0. The van der Waals surface area contributed by atoms with Gasteiger partial charge in [-0.3, -0.25) is 9.48 Å². The smallest absolute Gasteiger partial charge is 0.274 e. The van der Waals surface area contributed by atoms with E-state index in [2.05, 4.69) is 26.1 Å². The quantitative estimate of drug-likeness (QED) is 0.690. The first-order valence-corrected chi connectivity index (χ1v) is 6.12. The van der Waals surface area contributed by atoms with E-state index in [-0.39, 0.29) is 5.56 Å². The van der Waals surface area contributed by atoms with Gasteiger partial charge in [0.05, 0.1) is 11.9 Å². The molecule has 2 heterocycles. The topological polar surface area (TPSA) is 52.7 Å². The maximum Gasteiger partial charge on any atom is 0.299 e. The summed E-state index contributed by atoms with van der Waals surface area (Å²) >= 11 is 3.36. The van der Waals surface area contributed by atoms with Crippen LogP contribution in [0.2, 0.25) is 0 Å². The molecular formula is C12H9BrN4O. The van der Waals surface area contributed by atoms with Gasteiger partial charge in [-0.05, 0) is 24.3 Å². The Morgan fingerprint density at radius 1 is 1.22 bits per heavy atom. The number of aromatic nitrogens is 4. The van der Waals surface area contributed by atoms with Gasteiger partial charge in [-0.15, -0.1) is 0 Å². The van der Waals surface area contributed by atoms with E-state index in [1.165, 1.54) is 4.68 Å². The Bertz CT molecular complexity index is 773. The molecule has 0 aliphatic heterocycles. The monoisotopic (exact) mass is 304 g/mol. The Hall–Kier alpha value is -1.95. The first-order chi connectivity index (χ1) is 8.65. The zero-order valence-corrected chi connectivity index (χ0v) is 11.1. The average molecular weight is 305 g/mol. The van der Waals surface area contributed by atoms with Crippen molar-refractivity contribution in [3.8, 4) is 5.69 Å². The van der Waals surface area contributed by atoms with E-state index in [1.54, 1.807) is 24.1 Å². The van der Waals surface area contributed by atoms with Gasteiger partial charge in [0.15, 0.2) is 5.52 Å². The zero-order chi connectivity index (χ0) is 12.7. The van der Waals surface area contributed by atoms with E-state index in [9.17, 15) is 4.79 Å². The third-order valence-electron chi connectivity index (χ3n) is 2.64. The van der Waals surface area contributed by atoms with E-state index < -0.39 is 0 Å². The van der Waals surface area contributed by atoms with Crippen molar-refractivity contribution in [3.05, 3.63) is 51.5 Å². The number of nitrogens with zero attached hydrogens (tertiary/aromatic N) is 4. The van der Waals surface area contributed by atoms with Crippen LogP contribution in [0.3, 0.4) is 0 Å². The summed E-state index contributed by atoms with van der Waals surface area (Å²) in [6.45, 7) is 0. The summed E-state index contributed by atoms with van der Waals surface area (Å²) in [5.41, 5.74) is 0.932. The van der Waals surface area contributed by atoms with Crippen molar-refractivity contribution in [1.29, 1.82) is 0 Å². The molecule has 0 bridgehead atoms. The Morgan fingerprint density at radius 2 is 1.94 bits per heavy atom. The van der Waals surface area contributed by atoms with Crippen molar-refractivity contribution < 1.29 is 0 Å². The maximum atomic E-state index is 12.2. The summed E-state index contributed by atoms with van der Waals surface area (Å²) in [7, 11) is 1.78. The molecule has 0 unspecified atom stereocenters. The molecule has 3 aromatic rings. The number of halogens is 1. The fourth-order valence-corrected chi connectivity index (χ4v) is 2.07. The van der Waals surface area contributed by atoms with Gasteiger partial charge in [0.25, 0.3) is 5.56 Å². The van der Waals surface area contributed by atoms with E-state index >= 15 is 0 Å². The average Bonchev–Trinajstić information content (AvgIpc) is 2.73. The maximum absolute atomic E-state index is 12.2. The lowest BCUT2D eigenvalue weighted by Gasteiger charge is -2.03. The molecule has 3 rings (SSSR count). The van der Waals surface area contributed by atoms with Crippen LogP contribution in [-0.2, 0) is 7.05 Å². The number of fused-ring (bicyclic) bond motifs is 1. The van der Waals surface area contributed by atoms with Crippen molar-refractivity contribution in [2.45, 2.75) is 0 Å². The standard InChI is InChI=1S/C12H9BrN4O/c1-16-7-8-6-14-17(12(18)11(8)15-16)10-4-2-9(13)3-5-10/h2-7H,1H3. The summed E-state index contributed by atoms with van der Waals surface area (Å²) in [5.74, 6) is 0. The molecule has 5 nitrogen and oxygen atoms in total. The third-order valence-corrected chi connectivity index (χ3v) is 3.16. The van der Waals surface area contributed by atoms with Crippen molar-refractivity contribution >= 4 is 26.8 Å². The molecule has 0 N–H and O–H groups in total. The molecule has 90 valence electrons. The number of hydrogen-bond donors (Lipinski definition) is 0. The SMILES string of the molecule is Cn1cc2cnn(-c3ccc(Br)cc3)c(=O)c2n1. The number of hydrogen-bond acceptors (Lipinski definition) is 3. The van der Waals surface area contributed by atoms with Gasteiger partial charge >= 0.3 is 0 Å². The fourth-order valence-electron chi connectivity index (χ4n) is 1.81. The minimum absolute atomic E-state index is 0.213. The molecule has 1 aromatic carbocycles. The molecule has 0 radical (unpaired) electrons. The summed E-state index contributed by atoms with van der Waals surface area (Å²) in [4.78, 5) is 12.2. The summed E-state index contributed by atoms with van der Waals surface area (Å²) in [6, 6.07) is 7.39. The van der Waals surface area contributed by atoms with Crippen LogP contribution in [0.5, 0.6) is 0 Å². The lowest BCUT2D eigenvalue weighted by Crippen LogP contribution is -2.21. The van der Waals surface area contributed by atoms with Crippen LogP contribution in [-0.4, -0.2) is 19.6 Å². The summed E-state index contributed by atoms with van der Waals surface area (Å²) in [6.07, 6.45) is 3.42. The predicted octanol–water partition coefficient (Wildman–Crippen LogP) is 1.88. The van der Waals surface area contributed by atoms with Crippen molar-refractivity contribution in [2.24, 2.45) is 7.05 Å². The minimum atomic E-state index is -0.213. The van der Waals surface area contributed by atoms with Crippen LogP contribution < -0.4 is 5.56 Å². The van der Waals surface area contributed by atoms with Crippen molar-refractivity contribution in [1.82, 2.24) is 19.6 Å². The van der Waals surface area contributed by atoms with Crippen LogP contribution in [0.4, 0.5) is 0 Å². The third kappa shape index (κ3) is 1.74. The van der Waals surface area contributed by atoms with Crippen LogP contribution in [0.25, 0.3) is 16.6 Å². The Labute approximate surface area is 111 Å². The molecule has 18 heavy (non-hydrogen) atoms. The molecule has 0 fully saturated rings. The van der Waals surface area contributed by atoms with Gasteiger partial charge in [0, 0.05) is 23.1 Å². The first kappa shape index (κ1) is 11.2. The molecule has 6 heteroatoms. The largest absolute Gasteiger partial charge is 0.299 e. The van der Waals surface area contributed by atoms with Gasteiger partial charge in [0.1, 0.15) is 0 Å². The highest BCUT2D eigenvalue weighted by Crippen LogP contribution is 2.13. The van der Waals surface area contributed by atoms with Gasteiger partial charge in [-0.2, -0.15) is 14.9 Å². The molecule has 0 aliphatic rings. The predicted molar refractivity (Wildman–Crippen MR) is 71.8 cm³/mol. The van der Waals surface area contributed by atoms with Crippen LogP contribution >= 0.6 is 15.9 Å². The molecule has 0 aliphatic carbocycles. The first-order valence-electron chi connectivity index (χ1n) is 5.33. The Kier molecular flexibility index (Phi) is 2.52. The molecule has 0 saturated carbocycles. The lowest BCUT2D eigenvalue weighted by atomic mass is 10.3. The number of rotatable bonds is 1. The van der Waals surface area contributed by atoms with Gasteiger partial charge in [0.2, 0.25) is 0 Å². The molecule has 0 spiro atoms. The van der Waals surface area contributed by atoms with Crippen LogP contribution in [0.15, 0.2) is 45.9 Å². The van der Waals surface area contributed by atoms with Gasteiger partial charge in [-0.1, -0.05) is 15.9 Å². The number of aryl methyl sites for hydroxylation is 1. The van der Waals surface area contributed by atoms with Crippen LogP contribution in [0.1, 0.15) is 0 Å². The van der Waals surface area contributed by atoms with Gasteiger partial charge in [-0.25, -0.2) is 0 Å². The van der Waals surface area contributed by atoms with E-state index in [1.807, 2.05) is 24.3 Å². The minimum Gasteiger partial charge on any atom is -0.274 e. The molecule has 2 aromatic heterocycles. The lowest BCUT2D eigenvalue weighted by molar-refractivity contribution is 0.771. The van der Waals surface area contributed by atoms with E-state index in [0.717, 1.165) is 15.5 Å². The molecular weight excluding hydrogens is 296 g/mol. The van der Waals surface area contributed by atoms with Crippen molar-refractivity contribution in [3.63, 3.8) is 0 Å². The van der Waals surface area contributed by atoms with Crippen molar-refractivity contribution in [2.75, 3.05) is 0 Å². The van der Waals surface area contributed by atoms with Crippen LogP contribution in [0, 0.1) is 0 Å². The number of benzene rings is 1. The second-order valence-electron chi connectivity index (χ2n) is 3.94. The zero-order valence-electron chi connectivity index (χ0n) is 9.54. The Morgan fingerprint density at radius 3 is 2.67 bits per heavy atom. The van der Waals surface area contributed by atoms with Gasteiger partial charge < -0.3 is 0 Å². The molecule has 0 saturated heterocycles. The van der Waals surface area contributed by atoms with E-state index in [0.29, 0.717) is 5.52 Å². The Balaban J connectivity index is 2.26.